The van der Waals surface area contributed by atoms with Gasteiger partial charge in [0.25, 0.3) is 5.91 Å². The molecule has 1 N–H and O–H groups in total. The van der Waals surface area contributed by atoms with Gasteiger partial charge in [-0.1, -0.05) is 68.4 Å². The number of nitrogens with zero attached hydrogens (tertiary/aromatic N) is 1. The smallest absolute Gasteiger partial charge is 0.271 e. The molecular formula is C24H24N2O2. The summed E-state index contributed by atoms with van der Waals surface area (Å²) >= 11 is 0. The minimum atomic E-state index is -0.233. The van der Waals surface area contributed by atoms with Gasteiger partial charge >= 0.3 is 0 Å². The molecule has 3 rings (SSSR count). The van der Waals surface area contributed by atoms with Crippen molar-refractivity contribution < 1.29 is 9.53 Å². The molecule has 0 fully saturated rings. The van der Waals surface area contributed by atoms with Gasteiger partial charge in [0.1, 0.15) is 12.4 Å². The van der Waals surface area contributed by atoms with Gasteiger partial charge in [-0.25, -0.2) is 5.43 Å². The molecule has 3 aromatic rings. The number of rotatable bonds is 7. The Balaban J connectivity index is 1.55. The van der Waals surface area contributed by atoms with E-state index in [9.17, 15) is 4.79 Å². The molecule has 3 aromatic carbocycles. The average molecular weight is 372 g/mol. The van der Waals surface area contributed by atoms with Crippen molar-refractivity contribution in [3.8, 4) is 5.75 Å². The summed E-state index contributed by atoms with van der Waals surface area (Å²) in [5.74, 6) is 0.956. The number of nitrogens with one attached hydrogen (secondary N) is 1. The van der Waals surface area contributed by atoms with Crippen molar-refractivity contribution in [2.24, 2.45) is 5.10 Å². The van der Waals surface area contributed by atoms with Crippen LogP contribution in [-0.2, 0) is 6.61 Å². The third kappa shape index (κ3) is 5.55. The van der Waals surface area contributed by atoms with E-state index in [0.717, 1.165) is 16.9 Å². The number of hydrazone groups is 1. The summed E-state index contributed by atoms with van der Waals surface area (Å²) in [6, 6.07) is 25.2. The first kappa shape index (κ1) is 19.4. The lowest BCUT2D eigenvalue weighted by Crippen LogP contribution is -2.17. The highest BCUT2D eigenvalue weighted by Crippen LogP contribution is 2.15. The summed E-state index contributed by atoms with van der Waals surface area (Å²) in [5.41, 5.74) is 6.31. The third-order valence-electron chi connectivity index (χ3n) is 4.33. The molecule has 0 unspecified atom stereocenters. The molecule has 0 aliphatic rings. The number of hydrogen-bond acceptors (Lipinski definition) is 3. The Bertz CT molecular complexity index is 932. The quantitative estimate of drug-likeness (QED) is 0.460. The van der Waals surface area contributed by atoms with E-state index in [0.29, 0.717) is 18.1 Å². The fourth-order valence-corrected chi connectivity index (χ4v) is 2.67. The maximum Gasteiger partial charge on any atom is 0.271 e. The van der Waals surface area contributed by atoms with Crippen LogP contribution in [0.1, 0.15) is 46.8 Å². The van der Waals surface area contributed by atoms with Crippen molar-refractivity contribution in [3.05, 3.63) is 101 Å². The van der Waals surface area contributed by atoms with Crippen molar-refractivity contribution in [1.29, 1.82) is 0 Å². The Morgan fingerprint density at radius 2 is 1.75 bits per heavy atom. The zero-order valence-electron chi connectivity index (χ0n) is 16.1. The first-order valence-corrected chi connectivity index (χ1v) is 9.32. The molecule has 28 heavy (non-hydrogen) atoms. The lowest BCUT2D eigenvalue weighted by Gasteiger charge is -2.07. The van der Waals surface area contributed by atoms with Crippen molar-refractivity contribution in [3.63, 3.8) is 0 Å². The molecule has 1 amide bonds. The Morgan fingerprint density at radius 3 is 2.46 bits per heavy atom. The normalized spacial score (nSPS) is 11.0. The Kier molecular flexibility index (Phi) is 6.58. The van der Waals surface area contributed by atoms with Gasteiger partial charge in [-0.15, -0.1) is 0 Å². The Morgan fingerprint density at radius 1 is 1.00 bits per heavy atom. The fraction of sp³-hybridized carbons (Fsp3) is 0.167. The van der Waals surface area contributed by atoms with Crippen LogP contribution < -0.4 is 10.2 Å². The Hall–Kier alpha value is -3.40. The lowest BCUT2D eigenvalue weighted by molar-refractivity contribution is 0.0955. The molecule has 4 nitrogen and oxygen atoms in total. The minimum absolute atomic E-state index is 0.233. The second kappa shape index (κ2) is 9.51. The number of hydrogen-bond donors (Lipinski definition) is 1. The highest BCUT2D eigenvalue weighted by molar-refractivity contribution is 5.94. The maximum atomic E-state index is 12.2. The predicted octanol–water partition coefficient (Wildman–Crippen LogP) is 5.15. The van der Waals surface area contributed by atoms with E-state index < -0.39 is 0 Å². The molecule has 0 heterocycles. The number of amides is 1. The molecule has 0 spiro atoms. The van der Waals surface area contributed by atoms with Crippen molar-refractivity contribution in [2.75, 3.05) is 0 Å². The van der Waals surface area contributed by atoms with Gasteiger partial charge in [-0.05, 0) is 46.9 Å². The number of carbonyl (C=O) groups is 1. The summed E-state index contributed by atoms with van der Waals surface area (Å²) in [5, 5.41) is 4.05. The molecule has 0 saturated carbocycles. The SMILES string of the molecule is CC(C)c1ccc(C(=O)NN=Cc2cccc(OCc3ccccc3)c2)cc1. The van der Waals surface area contributed by atoms with Gasteiger partial charge in [0.15, 0.2) is 0 Å². The van der Waals surface area contributed by atoms with Crippen LogP contribution in [0.3, 0.4) is 0 Å². The zero-order valence-corrected chi connectivity index (χ0v) is 16.1. The molecule has 0 atom stereocenters. The van der Waals surface area contributed by atoms with Crippen molar-refractivity contribution in [1.82, 2.24) is 5.43 Å². The summed E-state index contributed by atoms with van der Waals surface area (Å²) in [4.78, 5) is 12.2. The van der Waals surface area contributed by atoms with E-state index in [-0.39, 0.29) is 5.91 Å². The molecule has 0 aliphatic heterocycles. The van der Waals surface area contributed by atoms with Crippen molar-refractivity contribution >= 4 is 12.1 Å². The van der Waals surface area contributed by atoms with Crippen LogP contribution in [0.15, 0.2) is 84.0 Å². The number of ether oxygens (including phenoxy) is 1. The van der Waals surface area contributed by atoms with Gasteiger partial charge < -0.3 is 4.74 Å². The highest BCUT2D eigenvalue weighted by Gasteiger charge is 2.05. The average Bonchev–Trinajstić information content (AvgIpc) is 2.73. The highest BCUT2D eigenvalue weighted by atomic mass is 16.5. The molecule has 0 radical (unpaired) electrons. The lowest BCUT2D eigenvalue weighted by atomic mass is 10.0. The first-order valence-electron chi connectivity index (χ1n) is 9.32. The summed E-state index contributed by atoms with van der Waals surface area (Å²) in [6.07, 6.45) is 1.61. The topological polar surface area (TPSA) is 50.7 Å². The van der Waals surface area contributed by atoms with Gasteiger partial charge in [0.2, 0.25) is 0 Å². The van der Waals surface area contributed by atoms with Crippen LogP contribution in [0, 0.1) is 0 Å². The van der Waals surface area contributed by atoms with Crippen LogP contribution >= 0.6 is 0 Å². The predicted molar refractivity (Wildman–Crippen MR) is 113 cm³/mol. The Labute approximate surface area is 165 Å². The van der Waals surface area contributed by atoms with E-state index in [2.05, 4.69) is 24.4 Å². The second-order valence-corrected chi connectivity index (χ2v) is 6.82. The van der Waals surface area contributed by atoms with Gasteiger partial charge in [0.05, 0.1) is 6.21 Å². The monoisotopic (exact) mass is 372 g/mol. The fourth-order valence-electron chi connectivity index (χ4n) is 2.67. The van der Waals surface area contributed by atoms with E-state index in [4.69, 9.17) is 4.74 Å². The van der Waals surface area contributed by atoms with Crippen LogP contribution in [0.4, 0.5) is 0 Å². The molecule has 0 bridgehead atoms. The van der Waals surface area contributed by atoms with E-state index in [1.165, 1.54) is 5.56 Å². The van der Waals surface area contributed by atoms with Gasteiger partial charge in [-0.3, -0.25) is 4.79 Å². The van der Waals surface area contributed by atoms with E-state index in [1.807, 2.05) is 78.9 Å². The summed E-state index contributed by atoms with van der Waals surface area (Å²) in [7, 11) is 0. The summed E-state index contributed by atoms with van der Waals surface area (Å²) in [6.45, 7) is 4.75. The van der Waals surface area contributed by atoms with E-state index in [1.54, 1.807) is 6.21 Å². The third-order valence-corrected chi connectivity index (χ3v) is 4.33. The van der Waals surface area contributed by atoms with Crippen LogP contribution in [0.2, 0.25) is 0 Å². The molecule has 0 aliphatic carbocycles. The zero-order chi connectivity index (χ0) is 19.8. The van der Waals surface area contributed by atoms with Gasteiger partial charge in [-0.2, -0.15) is 5.10 Å². The number of benzene rings is 3. The van der Waals surface area contributed by atoms with Crippen LogP contribution in [0.5, 0.6) is 5.75 Å². The maximum absolute atomic E-state index is 12.2. The van der Waals surface area contributed by atoms with Crippen molar-refractivity contribution in [2.45, 2.75) is 26.4 Å². The standard InChI is InChI=1S/C24H24N2O2/c1-18(2)21-11-13-22(14-12-21)24(27)26-25-16-20-9-6-10-23(15-20)28-17-19-7-4-3-5-8-19/h3-16,18H,17H2,1-2H3,(H,26,27). The molecule has 0 aromatic heterocycles. The molecular weight excluding hydrogens is 348 g/mol. The van der Waals surface area contributed by atoms with Crippen LogP contribution in [0.25, 0.3) is 0 Å². The minimum Gasteiger partial charge on any atom is -0.489 e. The molecule has 4 heteroatoms. The van der Waals surface area contributed by atoms with Gasteiger partial charge in [0, 0.05) is 5.56 Å². The van der Waals surface area contributed by atoms with Crippen LogP contribution in [-0.4, -0.2) is 12.1 Å². The first-order chi connectivity index (χ1) is 13.6. The largest absolute Gasteiger partial charge is 0.489 e. The summed E-state index contributed by atoms with van der Waals surface area (Å²) < 4.78 is 5.81. The van der Waals surface area contributed by atoms with E-state index >= 15 is 0 Å². The molecule has 0 saturated heterocycles. The second-order valence-electron chi connectivity index (χ2n) is 6.82. The molecule has 142 valence electrons. The number of carbonyl (C=O) groups excluding carboxylic acids is 1.